The van der Waals surface area contributed by atoms with Crippen LogP contribution in [0.5, 0.6) is 0 Å². The Morgan fingerprint density at radius 1 is 1.15 bits per heavy atom. The first-order chi connectivity index (χ1) is 13.1. The summed E-state index contributed by atoms with van der Waals surface area (Å²) in [6.45, 7) is 4.76. The topological polar surface area (TPSA) is 46.3 Å². The molecular formula is C22H22N2O2S. The maximum atomic E-state index is 12.6. The molecule has 1 aliphatic heterocycles. The highest BCUT2D eigenvalue weighted by Gasteiger charge is 2.24. The third kappa shape index (κ3) is 3.78. The minimum Gasteiger partial charge on any atom is -0.441 e. The van der Waals surface area contributed by atoms with Crippen molar-refractivity contribution in [1.82, 2.24) is 4.98 Å². The number of rotatable bonds is 5. The Balaban J connectivity index is 1.37. The van der Waals surface area contributed by atoms with Crippen molar-refractivity contribution in [2.75, 3.05) is 17.2 Å². The van der Waals surface area contributed by atoms with Crippen LogP contribution in [0.1, 0.15) is 22.6 Å². The fourth-order valence-electron chi connectivity index (χ4n) is 3.29. The van der Waals surface area contributed by atoms with Crippen LogP contribution in [0.25, 0.3) is 11.5 Å². The van der Waals surface area contributed by atoms with Crippen LogP contribution in [0.4, 0.5) is 5.69 Å². The molecule has 0 unspecified atom stereocenters. The summed E-state index contributed by atoms with van der Waals surface area (Å²) in [6.07, 6.45) is 0.939. The Bertz CT molecular complexity index is 963. The van der Waals surface area contributed by atoms with E-state index in [1.54, 1.807) is 11.8 Å². The number of thioether (sulfide) groups is 1. The number of oxazole rings is 1. The smallest absolute Gasteiger partial charge is 0.237 e. The summed E-state index contributed by atoms with van der Waals surface area (Å²) in [6, 6.07) is 16.3. The number of aromatic nitrogens is 1. The van der Waals surface area contributed by atoms with Crippen LogP contribution in [0, 0.1) is 13.8 Å². The average Bonchev–Trinajstić information content (AvgIpc) is 3.26. The molecule has 5 heteroatoms. The van der Waals surface area contributed by atoms with Gasteiger partial charge < -0.3 is 9.32 Å². The van der Waals surface area contributed by atoms with Gasteiger partial charge in [0.2, 0.25) is 11.8 Å². The molecule has 0 atom stereocenters. The van der Waals surface area contributed by atoms with Gasteiger partial charge in [-0.25, -0.2) is 4.98 Å². The third-order valence-corrected chi connectivity index (χ3v) is 5.77. The van der Waals surface area contributed by atoms with Crippen LogP contribution in [0.3, 0.4) is 0 Å². The van der Waals surface area contributed by atoms with Crippen molar-refractivity contribution < 1.29 is 9.21 Å². The first kappa shape index (κ1) is 17.9. The minimum atomic E-state index is 0.157. The second kappa shape index (κ2) is 7.61. The van der Waals surface area contributed by atoms with Crippen molar-refractivity contribution in [3.05, 3.63) is 71.1 Å². The third-order valence-electron chi connectivity index (χ3n) is 4.84. The van der Waals surface area contributed by atoms with Gasteiger partial charge in [0.1, 0.15) is 5.76 Å². The zero-order valence-electron chi connectivity index (χ0n) is 15.6. The molecule has 0 N–H and O–H groups in total. The first-order valence-electron chi connectivity index (χ1n) is 9.11. The van der Waals surface area contributed by atoms with Crippen molar-refractivity contribution in [1.29, 1.82) is 0 Å². The van der Waals surface area contributed by atoms with Crippen molar-refractivity contribution in [3.63, 3.8) is 0 Å². The Morgan fingerprint density at radius 3 is 2.74 bits per heavy atom. The fraction of sp³-hybridized carbons (Fsp3) is 0.273. The largest absolute Gasteiger partial charge is 0.441 e. The van der Waals surface area contributed by atoms with Crippen molar-refractivity contribution in [2.24, 2.45) is 0 Å². The molecule has 27 heavy (non-hydrogen) atoms. The van der Waals surface area contributed by atoms with Gasteiger partial charge in [-0.15, -0.1) is 11.8 Å². The van der Waals surface area contributed by atoms with Crippen LogP contribution in [-0.2, 0) is 17.0 Å². The molecule has 0 bridgehead atoms. The van der Waals surface area contributed by atoms with E-state index in [2.05, 4.69) is 30.1 Å². The predicted octanol–water partition coefficient (Wildman–Crippen LogP) is 4.78. The summed E-state index contributed by atoms with van der Waals surface area (Å²) in [5.41, 5.74) is 5.41. The number of hydrogen-bond acceptors (Lipinski definition) is 4. The molecule has 3 aromatic rings. The molecule has 1 aliphatic rings. The van der Waals surface area contributed by atoms with Gasteiger partial charge in [-0.2, -0.15) is 0 Å². The van der Waals surface area contributed by atoms with Gasteiger partial charge in [-0.3, -0.25) is 4.79 Å². The van der Waals surface area contributed by atoms with Gasteiger partial charge in [-0.1, -0.05) is 35.9 Å². The summed E-state index contributed by atoms with van der Waals surface area (Å²) in [7, 11) is 0. The highest BCUT2D eigenvalue weighted by molar-refractivity contribution is 7.99. The molecule has 0 radical (unpaired) electrons. The fourth-order valence-corrected chi connectivity index (χ4v) is 4.19. The first-order valence-corrected chi connectivity index (χ1v) is 10.3. The number of amides is 1. The molecule has 0 saturated heterocycles. The standard InChI is InChI=1S/C22H22N2O2S/c1-15-7-9-18(10-8-15)22-23-19(16(2)26-22)13-27-14-21(25)24-12-11-17-5-3-4-6-20(17)24/h3-10H,11-14H2,1-2H3. The number of anilines is 1. The lowest BCUT2D eigenvalue weighted by Gasteiger charge is -2.16. The van der Waals surface area contributed by atoms with E-state index in [-0.39, 0.29) is 5.91 Å². The number of fused-ring (bicyclic) bond motifs is 1. The maximum Gasteiger partial charge on any atom is 0.237 e. The summed E-state index contributed by atoms with van der Waals surface area (Å²) < 4.78 is 5.82. The Morgan fingerprint density at radius 2 is 1.93 bits per heavy atom. The lowest BCUT2D eigenvalue weighted by Crippen LogP contribution is -2.30. The molecule has 0 saturated carbocycles. The monoisotopic (exact) mass is 378 g/mol. The van der Waals surface area contributed by atoms with E-state index in [4.69, 9.17) is 4.42 Å². The van der Waals surface area contributed by atoms with Crippen LogP contribution in [0.15, 0.2) is 52.9 Å². The lowest BCUT2D eigenvalue weighted by atomic mass is 10.1. The van der Waals surface area contributed by atoms with E-state index in [1.165, 1.54) is 11.1 Å². The van der Waals surface area contributed by atoms with Gasteiger partial charge >= 0.3 is 0 Å². The summed E-state index contributed by atoms with van der Waals surface area (Å²) in [5.74, 6) is 2.73. The summed E-state index contributed by atoms with van der Waals surface area (Å²) in [4.78, 5) is 19.1. The SMILES string of the molecule is Cc1ccc(-c2nc(CSCC(=O)N3CCc4ccccc43)c(C)o2)cc1. The van der Waals surface area contributed by atoms with E-state index in [0.29, 0.717) is 17.4 Å². The summed E-state index contributed by atoms with van der Waals surface area (Å²) >= 11 is 1.59. The molecule has 0 fully saturated rings. The molecule has 2 aromatic carbocycles. The number of carbonyl (C=O) groups excluding carboxylic acids is 1. The second-order valence-corrected chi connectivity index (χ2v) is 7.79. The van der Waals surface area contributed by atoms with Gasteiger partial charge in [0, 0.05) is 23.5 Å². The van der Waals surface area contributed by atoms with E-state index in [9.17, 15) is 4.79 Å². The number of nitrogens with zero attached hydrogens (tertiary/aromatic N) is 2. The quantitative estimate of drug-likeness (QED) is 0.641. The molecule has 1 aromatic heterocycles. The van der Waals surface area contributed by atoms with Crippen LogP contribution in [0.2, 0.25) is 0 Å². The molecular weight excluding hydrogens is 356 g/mol. The maximum absolute atomic E-state index is 12.6. The Hall–Kier alpha value is -2.53. The number of benzene rings is 2. The molecule has 0 spiro atoms. The van der Waals surface area contributed by atoms with Crippen molar-refractivity contribution in [3.8, 4) is 11.5 Å². The lowest BCUT2D eigenvalue weighted by molar-refractivity contribution is -0.116. The molecule has 138 valence electrons. The van der Waals surface area contributed by atoms with Gasteiger partial charge in [0.15, 0.2) is 0 Å². The van der Waals surface area contributed by atoms with Crippen molar-refractivity contribution in [2.45, 2.75) is 26.0 Å². The van der Waals surface area contributed by atoms with Crippen LogP contribution < -0.4 is 4.90 Å². The Kier molecular flexibility index (Phi) is 5.03. The normalized spacial score (nSPS) is 13.0. The molecule has 2 heterocycles. The number of carbonyl (C=O) groups is 1. The van der Waals surface area contributed by atoms with Gasteiger partial charge in [0.05, 0.1) is 11.4 Å². The van der Waals surface area contributed by atoms with Crippen LogP contribution in [-0.4, -0.2) is 23.2 Å². The minimum absolute atomic E-state index is 0.157. The number of hydrogen-bond donors (Lipinski definition) is 0. The molecule has 4 nitrogen and oxygen atoms in total. The number of aryl methyl sites for hydroxylation is 2. The Labute approximate surface area is 163 Å². The second-order valence-electron chi connectivity index (χ2n) is 6.80. The zero-order valence-corrected chi connectivity index (χ0v) is 16.4. The molecule has 4 rings (SSSR count). The van der Waals surface area contributed by atoms with E-state index in [0.717, 1.165) is 35.7 Å². The van der Waals surface area contributed by atoms with Crippen molar-refractivity contribution >= 4 is 23.4 Å². The molecule has 1 amide bonds. The molecule has 0 aliphatic carbocycles. The zero-order chi connectivity index (χ0) is 18.8. The van der Waals surface area contributed by atoms with E-state index >= 15 is 0 Å². The average molecular weight is 378 g/mol. The highest BCUT2D eigenvalue weighted by Crippen LogP contribution is 2.29. The van der Waals surface area contributed by atoms with Crippen LogP contribution >= 0.6 is 11.8 Å². The predicted molar refractivity (Wildman–Crippen MR) is 110 cm³/mol. The van der Waals surface area contributed by atoms with Gasteiger partial charge in [-0.05, 0) is 44.0 Å². The van der Waals surface area contributed by atoms with E-state index < -0.39 is 0 Å². The van der Waals surface area contributed by atoms with Gasteiger partial charge in [0.25, 0.3) is 0 Å². The summed E-state index contributed by atoms with van der Waals surface area (Å²) in [5, 5.41) is 0. The highest BCUT2D eigenvalue weighted by atomic mass is 32.2. The van der Waals surface area contributed by atoms with E-state index in [1.807, 2.05) is 42.2 Å². The number of para-hydroxylation sites is 1.